The fraction of sp³-hybridized carbons (Fsp3) is 0.533. The zero-order valence-electron chi connectivity index (χ0n) is 11.8. The highest BCUT2D eigenvalue weighted by atomic mass is 35.5. The standard InChI is InChI=1S/C15H22N2O2.ClH/c1-11(12-6-8-16-9-7-12)10-15(19)17-13-4-2-3-5-14(13)18;/h2-5,11-12,16,18H,6-10H2,1H3,(H,17,19);1H. The van der Waals surface area contributed by atoms with Gasteiger partial charge >= 0.3 is 0 Å². The minimum absolute atomic E-state index is 0. The van der Waals surface area contributed by atoms with E-state index in [-0.39, 0.29) is 24.1 Å². The van der Waals surface area contributed by atoms with Crippen LogP contribution in [-0.2, 0) is 4.79 Å². The number of nitrogens with one attached hydrogen (secondary N) is 2. The second kappa shape index (κ2) is 8.12. The lowest BCUT2D eigenvalue weighted by atomic mass is 9.84. The third kappa shape index (κ3) is 4.69. The Hall–Kier alpha value is -1.26. The van der Waals surface area contributed by atoms with E-state index >= 15 is 0 Å². The summed E-state index contributed by atoms with van der Waals surface area (Å²) in [6, 6.07) is 6.82. The van der Waals surface area contributed by atoms with E-state index < -0.39 is 0 Å². The summed E-state index contributed by atoms with van der Waals surface area (Å²) in [7, 11) is 0. The van der Waals surface area contributed by atoms with Crippen molar-refractivity contribution < 1.29 is 9.90 Å². The Balaban J connectivity index is 0.00000200. The number of halogens is 1. The minimum atomic E-state index is -0.0208. The molecule has 1 unspecified atom stereocenters. The quantitative estimate of drug-likeness (QED) is 0.749. The number of anilines is 1. The Morgan fingerprint density at radius 3 is 2.70 bits per heavy atom. The average molecular weight is 299 g/mol. The number of phenolic OH excluding ortho intramolecular Hbond substituents is 1. The van der Waals surface area contributed by atoms with Crippen molar-refractivity contribution in [2.45, 2.75) is 26.2 Å². The third-order valence-corrected chi connectivity index (χ3v) is 3.87. The van der Waals surface area contributed by atoms with Crippen molar-refractivity contribution in [3.8, 4) is 5.75 Å². The molecule has 1 aliphatic heterocycles. The molecule has 0 aliphatic carbocycles. The molecule has 0 saturated carbocycles. The van der Waals surface area contributed by atoms with Gasteiger partial charge in [-0.3, -0.25) is 4.79 Å². The van der Waals surface area contributed by atoms with Gasteiger partial charge in [0.05, 0.1) is 5.69 Å². The lowest BCUT2D eigenvalue weighted by Gasteiger charge is -2.27. The molecule has 4 nitrogen and oxygen atoms in total. The molecule has 1 aromatic rings. The molecule has 20 heavy (non-hydrogen) atoms. The first-order valence-electron chi connectivity index (χ1n) is 6.95. The van der Waals surface area contributed by atoms with Crippen LogP contribution in [0.15, 0.2) is 24.3 Å². The second-order valence-electron chi connectivity index (χ2n) is 5.33. The van der Waals surface area contributed by atoms with Gasteiger partial charge in [-0.25, -0.2) is 0 Å². The van der Waals surface area contributed by atoms with Gasteiger partial charge in [-0.05, 0) is 49.9 Å². The minimum Gasteiger partial charge on any atom is -0.506 e. The Bertz CT molecular complexity index is 434. The first-order valence-corrected chi connectivity index (χ1v) is 6.95. The Morgan fingerprint density at radius 2 is 2.05 bits per heavy atom. The first kappa shape index (κ1) is 16.8. The highest BCUT2D eigenvalue weighted by molar-refractivity contribution is 5.92. The van der Waals surface area contributed by atoms with Gasteiger partial charge in [0.15, 0.2) is 0 Å². The van der Waals surface area contributed by atoms with E-state index in [1.807, 2.05) is 0 Å². The summed E-state index contributed by atoms with van der Waals surface area (Å²) in [4.78, 5) is 12.0. The van der Waals surface area contributed by atoms with Gasteiger partial charge in [0.25, 0.3) is 0 Å². The molecule has 2 rings (SSSR count). The summed E-state index contributed by atoms with van der Waals surface area (Å²) in [5, 5.41) is 15.7. The van der Waals surface area contributed by atoms with Crippen LogP contribution < -0.4 is 10.6 Å². The SMILES string of the molecule is CC(CC(=O)Nc1ccccc1O)C1CCNCC1.Cl. The van der Waals surface area contributed by atoms with Crippen molar-refractivity contribution in [3.05, 3.63) is 24.3 Å². The molecule has 3 N–H and O–H groups in total. The van der Waals surface area contributed by atoms with Crippen molar-refractivity contribution in [2.24, 2.45) is 11.8 Å². The topological polar surface area (TPSA) is 61.4 Å². The Kier molecular flexibility index (Phi) is 6.82. The van der Waals surface area contributed by atoms with Crippen LogP contribution in [0.3, 0.4) is 0 Å². The molecule has 1 aliphatic rings. The third-order valence-electron chi connectivity index (χ3n) is 3.87. The molecule has 0 spiro atoms. The van der Waals surface area contributed by atoms with Gasteiger partial charge in [0.2, 0.25) is 5.91 Å². The largest absolute Gasteiger partial charge is 0.506 e. The highest BCUT2D eigenvalue weighted by Gasteiger charge is 2.22. The predicted octanol–water partition coefficient (Wildman–Crippen LogP) is 2.78. The number of rotatable bonds is 4. The second-order valence-corrected chi connectivity index (χ2v) is 5.33. The summed E-state index contributed by atoms with van der Waals surface area (Å²) in [5.74, 6) is 1.10. The number of benzene rings is 1. The molecule has 1 aromatic carbocycles. The van der Waals surface area contributed by atoms with E-state index in [2.05, 4.69) is 17.6 Å². The van der Waals surface area contributed by atoms with Crippen LogP contribution in [0.2, 0.25) is 0 Å². The Morgan fingerprint density at radius 1 is 1.40 bits per heavy atom. The summed E-state index contributed by atoms with van der Waals surface area (Å²) < 4.78 is 0. The van der Waals surface area contributed by atoms with Gasteiger partial charge in [0, 0.05) is 6.42 Å². The number of carbonyl (C=O) groups is 1. The molecule has 1 amide bonds. The van der Waals surface area contributed by atoms with E-state index in [0.717, 1.165) is 25.9 Å². The molecular weight excluding hydrogens is 276 g/mol. The monoisotopic (exact) mass is 298 g/mol. The number of carbonyl (C=O) groups excluding carboxylic acids is 1. The van der Waals surface area contributed by atoms with E-state index in [9.17, 15) is 9.90 Å². The predicted molar refractivity (Wildman–Crippen MR) is 83.4 cm³/mol. The van der Waals surface area contributed by atoms with Gasteiger partial charge in [-0.2, -0.15) is 0 Å². The smallest absolute Gasteiger partial charge is 0.224 e. The number of piperidine rings is 1. The van der Waals surface area contributed by atoms with Crippen molar-refractivity contribution >= 4 is 24.0 Å². The molecule has 0 radical (unpaired) electrons. The van der Waals surface area contributed by atoms with Crippen LogP contribution in [-0.4, -0.2) is 24.1 Å². The molecule has 0 bridgehead atoms. The van der Waals surface area contributed by atoms with Crippen molar-refractivity contribution in [3.63, 3.8) is 0 Å². The van der Waals surface area contributed by atoms with Crippen LogP contribution >= 0.6 is 12.4 Å². The van der Waals surface area contributed by atoms with E-state index in [4.69, 9.17) is 0 Å². The summed E-state index contributed by atoms with van der Waals surface area (Å²) in [6.45, 7) is 4.24. The lowest BCUT2D eigenvalue weighted by Crippen LogP contribution is -2.32. The number of hydrogen-bond acceptors (Lipinski definition) is 3. The van der Waals surface area contributed by atoms with Gasteiger partial charge < -0.3 is 15.7 Å². The first-order chi connectivity index (χ1) is 9.16. The number of hydrogen-bond donors (Lipinski definition) is 3. The molecule has 5 heteroatoms. The molecule has 1 saturated heterocycles. The Labute approximate surface area is 126 Å². The number of phenols is 1. The number of aromatic hydroxyl groups is 1. The van der Waals surface area contributed by atoms with Crippen LogP contribution in [0.25, 0.3) is 0 Å². The van der Waals surface area contributed by atoms with Gasteiger partial charge in [-0.15, -0.1) is 12.4 Å². The van der Waals surface area contributed by atoms with Gasteiger partial charge in [-0.1, -0.05) is 19.1 Å². The molecule has 1 atom stereocenters. The van der Waals surface area contributed by atoms with Gasteiger partial charge in [0.1, 0.15) is 5.75 Å². The molecule has 0 aromatic heterocycles. The van der Waals surface area contributed by atoms with Crippen molar-refractivity contribution in [1.29, 1.82) is 0 Å². The molecule has 1 fully saturated rings. The lowest BCUT2D eigenvalue weighted by molar-refractivity contribution is -0.117. The normalized spacial score (nSPS) is 17.1. The number of amides is 1. The fourth-order valence-corrected chi connectivity index (χ4v) is 2.65. The maximum absolute atomic E-state index is 12.0. The maximum Gasteiger partial charge on any atom is 0.224 e. The maximum atomic E-state index is 12.0. The van der Waals surface area contributed by atoms with E-state index in [1.165, 1.54) is 0 Å². The molecule has 112 valence electrons. The fourth-order valence-electron chi connectivity index (χ4n) is 2.65. The van der Waals surface area contributed by atoms with Crippen LogP contribution in [0.1, 0.15) is 26.2 Å². The zero-order valence-corrected chi connectivity index (χ0v) is 12.6. The van der Waals surface area contributed by atoms with E-state index in [1.54, 1.807) is 24.3 Å². The van der Waals surface area contributed by atoms with Crippen LogP contribution in [0.4, 0.5) is 5.69 Å². The molecule has 1 heterocycles. The summed E-state index contributed by atoms with van der Waals surface area (Å²) >= 11 is 0. The molecular formula is C15H23ClN2O2. The van der Waals surface area contributed by atoms with Crippen LogP contribution in [0.5, 0.6) is 5.75 Å². The van der Waals surface area contributed by atoms with E-state index in [0.29, 0.717) is 23.9 Å². The summed E-state index contributed by atoms with van der Waals surface area (Å²) in [5.41, 5.74) is 0.491. The van der Waals surface area contributed by atoms with Crippen LogP contribution in [0, 0.1) is 11.8 Å². The zero-order chi connectivity index (χ0) is 13.7. The highest BCUT2D eigenvalue weighted by Crippen LogP contribution is 2.26. The summed E-state index contributed by atoms with van der Waals surface area (Å²) in [6.07, 6.45) is 2.80. The average Bonchev–Trinajstić information content (AvgIpc) is 2.42. The van der Waals surface area contributed by atoms with Crippen molar-refractivity contribution in [2.75, 3.05) is 18.4 Å². The number of para-hydroxylation sites is 2. The van der Waals surface area contributed by atoms with Crippen molar-refractivity contribution in [1.82, 2.24) is 5.32 Å².